The molecule has 6 heteroatoms. The Kier molecular flexibility index (Phi) is 5.30. The molecule has 1 aromatic heterocycles. The van der Waals surface area contributed by atoms with E-state index in [1.807, 2.05) is 36.6 Å². The fourth-order valence-electron chi connectivity index (χ4n) is 2.74. The van der Waals surface area contributed by atoms with Crippen molar-refractivity contribution >= 4 is 28.8 Å². The molecule has 0 aliphatic carbocycles. The summed E-state index contributed by atoms with van der Waals surface area (Å²) in [4.78, 5) is 16.6. The van der Waals surface area contributed by atoms with Gasteiger partial charge >= 0.3 is 0 Å². The number of carbonyl (C=O) groups is 1. The molecule has 1 aliphatic rings. The van der Waals surface area contributed by atoms with Crippen molar-refractivity contribution in [1.29, 1.82) is 0 Å². The fraction of sp³-hybridized carbons (Fsp3) is 0.412. The van der Waals surface area contributed by atoms with E-state index in [1.165, 1.54) is 0 Å². The Morgan fingerprint density at radius 2 is 2.22 bits per heavy atom. The number of nitrogens with zero attached hydrogens (tertiary/aromatic N) is 1. The molecule has 1 aromatic carbocycles. The maximum absolute atomic E-state index is 12.2. The Balaban J connectivity index is 1.55. The van der Waals surface area contributed by atoms with Crippen LogP contribution in [0.15, 0.2) is 29.6 Å². The van der Waals surface area contributed by atoms with Crippen molar-refractivity contribution < 1.29 is 9.53 Å². The lowest BCUT2D eigenvalue weighted by Crippen LogP contribution is -2.36. The van der Waals surface area contributed by atoms with Gasteiger partial charge in [-0.25, -0.2) is 4.98 Å². The van der Waals surface area contributed by atoms with E-state index in [0.29, 0.717) is 24.5 Å². The van der Waals surface area contributed by atoms with Gasteiger partial charge in [0.1, 0.15) is 6.10 Å². The molecule has 4 nitrogen and oxygen atoms in total. The number of rotatable bonds is 5. The smallest absolute Gasteiger partial charge is 0.220 e. The highest BCUT2D eigenvalue weighted by Crippen LogP contribution is 2.30. The van der Waals surface area contributed by atoms with E-state index in [4.69, 9.17) is 16.3 Å². The van der Waals surface area contributed by atoms with Gasteiger partial charge in [0.15, 0.2) is 0 Å². The molecule has 0 saturated carbocycles. The lowest BCUT2D eigenvalue weighted by atomic mass is 10.0. The lowest BCUT2D eigenvalue weighted by molar-refractivity contribution is -0.122. The van der Waals surface area contributed by atoms with Gasteiger partial charge in [-0.1, -0.05) is 23.7 Å². The van der Waals surface area contributed by atoms with Gasteiger partial charge in [0, 0.05) is 35.5 Å². The van der Waals surface area contributed by atoms with Gasteiger partial charge in [0.25, 0.3) is 0 Å². The normalized spacial score (nSPS) is 20.6. The zero-order valence-corrected chi connectivity index (χ0v) is 14.5. The highest BCUT2D eigenvalue weighted by molar-refractivity contribution is 7.09. The summed E-state index contributed by atoms with van der Waals surface area (Å²) in [6.07, 6.45) is 1.87. The Morgan fingerprint density at radius 1 is 1.43 bits per heavy atom. The van der Waals surface area contributed by atoms with Crippen LogP contribution < -0.4 is 5.32 Å². The van der Waals surface area contributed by atoms with Crippen molar-refractivity contribution in [3.8, 4) is 0 Å². The molecular formula is C17H19ClN2O2S. The van der Waals surface area contributed by atoms with E-state index >= 15 is 0 Å². The van der Waals surface area contributed by atoms with Gasteiger partial charge in [-0.05, 0) is 31.0 Å². The van der Waals surface area contributed by atoms with Crippen LogP contribution in [0.25, 0.3) is 0 Å². The lowest BCUT2D eigenvalue weighted by Gasteiger charge is -2.20. The van der Waals surface area contributed by atoms with Crippen LogP contribution in [0, 0.1) is 6.92 Å². The number of hydrogen-bond donors (Lipinski definition) is 1. The van der Waals surface area contributed by atoms with Crippen molar-refractivity contribution in [2.45, 2.75) is 38.3 Å². The fourth-order valence-corrected chi connectivity index (χ4v) is 3.64. The summed E-state index contributed by atoms with van der Waals surface area (Å²) >= 11 is 7.53. The third-order valence-corrected chi connectivity index (χ3v) is 5.15. The van der Waals surface area contributed by atoms with Crippen molar-refractivity contribution in [3.63, 3.8) is 0 Å². The second kappa shape index (κ2) is 7.43. The first-order chi connectivity index (χ1) is 11.1. The molecule has 23 heavy (non-hydrogen) atoms. The highest BCUT2D eigenvalue weighted by Gasteiger charge is 2.30. The highest BCUT2D eigenvalue weighted by atomic mass is 35.5. The zero-order chi connectivity index (χ0) is 16.2. The molecule has 0 spiro atoms. The van der Waals surface area contributed by atoms with Crippen LogP contribution in [-0.4, -0.2) is 23.5 Å². The van der Waals surface area contributed by atoms with E-state index in [-0.39, 0.29) is 18.1 Å². The first-order valence-corrected chi connectivity index (χ1v) is 8.95. The van der Waals surface area contributed by atoms with Crippen LogP contribution >= 0.6 is 22.9 Å². The van der Waals surface area contributed by atoms with Gasteiger partial charge in [-0.15, -0.1) is 11.3 Å². The molecule has 0 radical (unpaired) electrons. The molecule has 1 amide bonds. The topological polar surface area (TPSA) is 51.2 Å². The molecular weight excluding hydrogens is 332 g/mol. The average Bonchev–Trinajstić information content (AvgIpc) is 3.15. The molecule has 1 aliphatic heterocycles. The average molecular weight is 351 g/mol. The Labute approximate surface area is 144 Å². The van der Waals surface area contributed by atoms with Gasteiger partial charge in [-0.3, -0.25) is 4.79 Å². The molecule has 0 unspecified atom stereocenters. The standard InChI is InChI=1S/C17H19ClN2O2S/c1-11-10-23-16(19-11)7-6-15(21)20-14-8-9-22-17(14)12-2-4-13(18)5-3-12/h2-5,10,14,17H,6-9H2,1H3,(H,20,21)/t14-,17-/m1/s1. The molecule has 2 atom stereocenters. The molecule has 1 saturated heterocycles. The number of hydrogen-bond acceptors (Lipinski definition) is 4. The second-order valence-corrected chi connectivity index (χ2v) is 7.07. The number of benzene rings is 1. The predicted molar refractivity (Wildman–Crippen MR) is 91.9 cm³/mol. The number of aromatic nitrogens is 1. The van der Waals surface area contributed by atoms with Gasteiger partial charge in [0.2, 0.25) is 5.91 Å². The number of carbonyl (C=O) groups excluding carboxylic acids is 1. The van der Waals surface area contributed by atoms with Crippen molar-refractivity contribution in [1.82, 2.24) is 10.3 Å². The number of aryl methyl sites for hydroxylation is 2. The first kappa shape index (κ1) is 16.4. The van der Waals surface area contributed by atoms with Crippen LogP contribution in [0.1, 0.15) is 35.2 Å². The molecule has 1 N–H and O–H groups in total. The summed E-state index contributed by atoms with van der Waals surface area (Å²) in [5.41, 5.74) is 2.06. The van der Waals surface area contributed by atoms with Crippen molar-refractivity contribution in [2.75, 3.05) is 6.61 Å². The van der Waals surface area contributed by atoms with Gasteiger partial charge < -0.3 is 10.1 Å². The van der Waals surface area contributed by atoms with Crippen LogP contribution in [0.5, 0.6) is 0 Å². The SMILES string of the molecule is Cc1csc(CCC(=O)N[C@@H]2CCO[C@@H]2c2ccc(Cl)cc2)n1. The third-order valence-electron chi connectivity index (χ3n) is 3.87. The Bertz CT molecular complexity index is 671. The quantitative estimate of drug-likeness (QED) is 0.894. The van der Waals surface area contributed by atoms with Gasteiger partial charge in [0.05, 0.1) is 11.0 Å². The summed E-state index contributed by atoms with van der Waals surface area (Å²) in [6, 6.07) is 7.62. The number of ether oxygens (including phenoxy) is 1. The summed E-state index contributed by atoms with van der Waals surface area (Å²) < 4.78 is 5.79. The van der Waals surface area contributed by atoms with Crippen LogP contribution in [0.3, 0.4) is 0 Å². The Hall–Kier alpha value is -1.43. The van der Waals surface area contributed by atoms with Gasteiger partial charge in [-0.2, -0.15) is 0 Å². The monoisotopic (exact) mass is 350 g/mol. The number of thiazole rings is 1. The number of nitrogens with one attached hydrogen (secondary N) is 1. The summed E-state index contributed by atoms with van der Waals surface area (Å²) in [7, 11) is 0. The van der Waals surface area contributed by atoms with E-state index in [9.17, 15) is 4.79 Å². The Morgan fingerprint density at radius 3 is 2.91 bits per heavy atom. The minimum atomic E-state index is -0.0988. The van der Waals surface area contributed by atoms with Crippen molar-refractivity contribution in [3.05, 3.63) is 50.9 Å². The molecule has 2 heterocycles. The molecule has 1 fully saturated rings. The third kappa shape index (κ3) is 4.31. The maximum Gasteiger partial charge on any atom is 0.220 e. The van der Waals surface area contributed by atoms with Crippen molar-refractivity contribution in [2.24, 2.45) is 0 Å². The van der Waals surface area contributed by atoms with E-state index in [2.05, 4.69) is 10.3 Å². The summed E-state index contributed by atoms with van der Waals surface area (Å²) in [5, 5.41) is 6.82. The first-order valence-electron chi connectivity index (χ1n) is 7.69. The largest absolute Gasteiger partial charge is 0.371 e. The van der Waals surface area contributed by atoms with Crippen LogP contribution in [0.2, 0.25) is 5.02 Å². The minimum Gasteiger partial charge on any atom is -0.371 e. The molecule has 3 rings (SSSR count). The molecule has 2 aromatic rings. The molecule has 122 valence electrons. The maximum atomic E-state index is 12.2. The summed E-state index contributed by atoms with van der Waals surface area (Å²) in [6.45, 7) is 2.62. The zero-order valence-electron chi connectivity index (χ0n) is 12.9. The summed E-state index contributed by atoms with van der Waals surface area (Å²) in [5.74, 6) is 0.0484. The van der Waals surface area contributed by atoms with E-state index in [0.717, 1.165) is 22.7 Å². The second-order valence-electron chi connectivity index (χ2n) is 5.69. The van der Waals surface area contributed by atoms with E-state index < -0.39 is 0 Å². The minimum absolute atomic E-state index is 0.0155. The van der Waals surface area contributed by atoms with Crippen LogP contribution in [0.4, 0.5) is 0 Å². The predicted octanol–water partition coefficient (Wildman–Crippen LogP) is 3.68. The van der Waals surface area contributed by atoms with Crippen LogP contribution in [-0.2, 0) is 16.0 Å². The number of amides is 1. The van der Waals surface area contributed by atoms with E-state index in [1.54, 1.807) is 11.3 Å². The number of halogens is 1. The molecule has 0 bridgehead atoms.